The molecule has 2 aliphatic rings. The molecule has 2 aromatic carbocycles. The maximum Gasteiger partial charge on any atom is 0.280 e. The molecule has 16 heteroatoms. The van der Waals surface area contributed by atoms with Gasteiger partial charge in [-0.05, 0) is 48.5 Å². The highest BCUT2D eigenvalue weighted by atomic mass is 32.2. The lowest BCUT2D eigenvalue weighted by Crippen LogP contribution is -2.41. The maximum absolute atomic E-state index is 12.6. The van der Waals surface area contributed by atoms with Crippen molar-refractivity contribution < 1.29 is 28.3 Å². The van der Waals surface area contributed by atoms with Crippen molar-refractivity contribution >= 4 is 61.1 Å². The van der Waals surface area contributed by atoms with E-state index >= 15 is 0 Å². The van der Waals surface area contributed by atoms with Gasteiger partial charge in [-0.15, -0.1) is 12.6 Å². The van der Waals surface area contributed by atoms with Crippen molar-refractivity contribution in [3.63, 3.8) is 0 Å². The van der Waals surface area contributed by atoms with E-state index in [4.69, 9.17) is 19.5 Å². The summed E-state index contributed by atoms with van der Waals surface area (Å²) in [4.78, 5) is 39.2. The van der Waals surface area contributed by atoms with Crippen LogP contribution in [0.3, 0.4) is 0 Å². The van der Waals surface area contributed by atoms with Crippen molar-refractivity contribution in [1.29, 1.82) is 0 Å². The molecule has 2 aromatic heterocycles. The van der Waals surface area contributed by atoms with Gasteiger partial charge in [0.05, 0.1) is 6.61 Å². The number of hydrogen-bond donors (Lipinski definition) is 4. The van der Waals surface area contributed by atoms with Crippen molar-refractivity contribution in [1.82, 2.24) is 19.5 Å². The fourth-order valence-corrected chi connectivity index (χ4v) is 6.98. The zero-order chi connectivity index (χ0) is 26.6. The predicted molar refractivity (Wildman–Crippen MR) is 139 cm³/mol. The van der Waals surface area contributed by atoms with E-state index in [1.807, 2.05) is 48.5 Å². The Labute approximate surface area is 228 Å². The standard InChI is InChI=1S/C22H20N5O7PS3/c23-21-25-18-15(19(29)26-21)24-22(27(18)20-16(28)17-14(33-20)9-32-35(30,31)34-17)38-13-7-5-12(6-8-13)37-11-3-1-10(36)2-4-11/h1-8,14,16-17,20,28,36H,9H2,(H,30,31)(H3,23,25,26,29)/p-1/t14?,16?,17-,20-/m1/s1. The van der Waals surface area contributed by atoms with Crippen LogP contribution in [0.5, 0.6) is 0 Å². The largest absolute Gasteiger partial charge is 0.756 e. The van der Waals surface area contributed by atoms with Crippen LogP contribution in [0, 0.1) is 0 Å². The highest BCUT2D eigenvalue weighted by Gasteiger charge is 2.51. The molecule has 6 rings (SSSR count). The van der Waals surface area contributed by atoms with E-state index < -0.39 is 37.9 Å². The fourth-order valence-electron chi connectivity index (χ4n) is 4.16. The van der Waals surface area contributed by atoms with E-state index in [-0.39, 0.29) is 28.9 Å². The lowest BCUT2D eigenvalue weighted by molar-refractivity contribution is -0.245. The number of hydrogen-bond acceptors (Lipinski definition) is 13. The lowest BCUT2D eigenvalue weighted by atomic mass is 10.1. The van der Waals surface area contributed by atoms with Crippen LogP contribution in [0.1, 0.15) is 6.23 Å². The van der Waals surface area contributed by atoms with Crippen molar-refractivity contribution in [3.05, 3.63) is 58.9 Å². The Morgan fingerprint density at radius 1 is 1.11 bits per heavy atom. The van der Waals surface area contributed by atoms with E-state index in [1.165, 1.54) is 16.3 Å². The number of nitrogens with two attached hydrogens (primary N) is 1. The first-order valence-electron chi connectivity index (χ1n) is 11.2. The van der Waals surface area contributed by atoms with E-state index in [1.54, 1.807) is 11.8 Å². The summed E-state index contributed by atoms with van der Waals surface area (Å²) in [5.41, 5.74) is 5.27. The molecule has 2 aliphatic heterocycles. The number of ether oxygens (including phenoxy) is 1. The molecule has 0 bridgehead atoms. The third-order valence-corrected chi connectivity index (χ3v) is 9.11. The van der Waals surface area contributed by atoms with Crippen LogP contribution in [0.25, 0.3) is 11.2 Å². The quantitative estimate of drug-likeness (QED) is 0.197. The summed E-state index contributed by atoms with van der Waals surface area (Å²) in [7, 11) is -4.58. The lowest BCUT2D eigenvalue weighted by Gasteiger charge is -2.34. The number of imidazole rings is 1. The number of rotatable bonds is 5. The van der Waals surface area contributed by atoms with Gasteiger partial charge < -0.3 is 29.5 Å². The third kappa shape index (κ3) is 5.01. The number of aliphatic hydroxyl groups excluding tert-OH is 1. The smallest absolute Gasteiger partial charge is 0.280 e. The molecule has 0 saturated carbocycles. The number of aromatic nitrogens is 4. The number of aromatic amines is 1. The van der Waals surface area contributed by atoms with Gasteiger partial charge in [0.25, 0.3) is 13.4 Å². The number of nitrogen functional groups attached to an aromatic ring is 1. The predicted octanol–water partition coefficient (Wildman–Crippen LogP) is 2.44. The Balaban J connectivity index is 1.33. The van der Waals surface area contributed by atoms with Crippen LogP contribution in [0.2, 0.25) is 0 Å². The molecule has 0 aliphatic carbocycles. The number of fused-ring (bicyclic) bond motifs is 2. The van der Waals surface area contributed by atoms with Crippen LogP contribution < -0.4 is 16.2 Å². The number of phosphoric acid groups is 1. The Hall–Kier alpha value is -2.33. The van der Waals surface area contributed by atoms with E-state index in [0.29, 0.717) is 0 Å². The Kier molecular flexibility index (Phi) is 6.83. The molecule has 0 amide bonds. The average Bonchev–Trinajstić information content (AvgIpc) is 3.38. The second-order valence-electron chi connectivity index (χ2n) is 8.43. The zero-order valence-electron chi connectivity index (χ0n) is 19.2. The molecule has 4 N–H and O–H groups in total. The zero-order valence-corrected chi connectivity index (χ0v) is 22.6. The normalized spacial score (nSPS) is 27.0. The molecule has 4 aromatic rings. The molecule has 4 heterocycles. The summed E-state index contributed by atoms with van der Waals surface area (Å²) in [5.74, 6) is -0.152. The topological polar surface area (TPSA) is 178 Å². The minimum Gasteiger partial charge on any atom is -0.756 e. The highest BCUT2D eigenvalue weighted by Crippen LogP contribution is 2.50. The van der Waals surface area contributed by atoms with Crippen molar-refractivity contribution in [2.24, 2.45) is 0 Å². The van der Waals surface area contributed by atoms with Crippen LogP contribution in [0.4, 0.5) is 5.95 Å². The Morgan fingerprint density at radius 2 is 1.74 bits per heavy atom. The molecule has 2 saturated heterocycles. The molecule has 3 unspecified atom stereocenters. The summed E-state index contributed by atoms with van der Waals surface area (Å²) in [5, 5.41) is 11.3. The number of anilines is 1. The van der Waals surface area contributed by atoms with E-state index in [0.717, 1.165) is 19.6 Å². The minimum atomic E-state index is -4.58. The molecular weight excluding hydrogens is 573 g/mol. The van der Waals surface area contributed by atoms with Crippen LogP contribution in [0.15, 0.2) is 78.1 Å². The van der Waals surface area contributed by atoms with Gasteiger partial charge in [0, 0.05) is 19.6 Å². The minimum absolute atomic E-state index is 0.0150. The number of benzene rings is 2. The van der Waals surface area contributed by atoms with Gasteiger partial charge in [-0.25, -0.2) is 4.98 Å². The second kappa shape index (κ2) is 10.0. The van der Waals surface area contributed by atoms with Crippen molar-refractivity contribution in [2.45, 2.75) is 49.3 Å². The first-order chi connectivity index (χ1) is 18.2. The molecule has 0 spiro atoms. The summed E-state index contributed by atoms with van der Waals surface area (Å²) >= 11 is 7.12. The van der Waals surface area contributed by atoms with Gasteiger partial charge in [-0.1, -0.05) is 23.5 Å². The molecule has 38 heavy (non-hydrogen) atoms. The SMILES string of the molecule is Nc1nc2c(nc(Sc3ccc(Sc4ccc(S)cc4)cc3)n2[C@@H]2OC3COP(=O)([O-])O[C@H]3C2O)c(=O)[nH]1. The summed E-state index contributed by atoms with van der Waals surface area (Å²) in [6.45, 7) is -0.319. The third-order valence-electron chi connectivity index (χ3n) is 5.85. The van der Waals surface area contributed by atoms with Crippen LogP contribution in [-0.2, 0) is 18.3 Å². The monoisotopic (exact) mass is 592 g/mol. The van der Waals surface area contributed by atoms with Gasteiger partial charge in [0.15, 0.2) is 22.5 Å². The number of H-pyrrole nitrogens is 1. The Morgan fingerprint density at radius 3 is 2.42 bits per heavy atom. The van der Waals surface area contributed by atoms with E-state index in [2.05, 4.69) is 27.6 Å². The average molecular weight is 593 g/mol. The number of nitrogens with one attached hydrogen (secondary N) is 1. The number of nitrogens with zero attached hydrogens (tertiary/aromatic N) is 3. The Bertz CT molecular complexity index is 1610. The summed E-state index contributed by atoms with van der Waals surface area (Å²) in [6, 6.07) is 15.5. The summed E-state index contributed by atoms with van der Waals surface area (Å²) < 4.78 is 28.8. The van der Waals surface area contributed by atoms with Gasteiger partial charge in [-0.2, -0.15) is 4.98 Å². The first kappa shape index (κ1) is 25.9. The number of phosphoric ester groups is 1. The fraction of sp³-hybridized carbons (Fsp3) is 0.227. The van der Waals surface area contributed by atoms with Gasteiger partial charge in [0.1, 0.15) is 18.3 Å². The summed E-state index contributed by atoms with van der Waals surface area (Å²) in [6.07, 6.45) is -4.65. The highest BCUT2D eigenvalue weighted by molar-refractivity contribution is 7.99. The molecule has 198 valence electrons. The first-order valence-corrected chi connectivity index (χ1v) is 14.7. The molecule has 5 atom stereocenters. The van der Waals surface area contributed by atoms with Crippen LogP contribution in [-0.4, -0.2) is 49.5 Å². The molecule has 12 nitrogen and oxygen atoms in total. The molecule has 2 fully saturated rings. The van der Waals surface area contributed by atoms with Gasteiger partial charge >= 0.3 is 0 Å². The van der Waals surface area contributed by atoms with Crippen molar-refractivity contribution in [3.8, 4) is 0 Å². The van der Waals surface area contributed by atoms with Gasteiger partial charge in [0.2, 0.25) is 5.95 Å². The maximum atomic E-state index is 12.6. The van der Waals surface area contributed by atoms with E-state index in [9.17, 15) is 19.4 Å². The molecular formula is C22H19N5O7PS3-. The van der Waals surface area contributed by atoms with Crippen molar-refractivity contribution in [2.75, 3.05) is 12.3 Å². The van der Waals surface area contributed by atoms with Gasteiger partial charge in [-0.3, -0.25) is 18.9 Å². The van der Waals surface area contributed by atoms with Crippen LogP contribution >= 0.6 is 44.0 Å². The number of thiol groups is 1. The number of aliphatic hydroxyl groups is 1. The second-order valence-corrected chi connectivity index (χ2v) is 12.5. The molecule has 0 radical (unpaired) electrons.